The Bertz CT molecular complexity index is 1160. The van der Waals surface area contributed by atoms with Crippen LogP contribution in [0, 0.1) is 0 Å². The van der Waals surface area contributed by atoms with Crippen molar-refractivity contribution in [2.75, 3.05) is 52.6 Å². The van der Waals surface area contributed by atoms with Gasteiger partial charge in [-0.3, -0.25) is 14.5 Å². The number of amides is 1. The highest BCUT2D eigenvalue weighted by Gasteiger charge is 2.45. The number of unbranched alkanes of at least 4 members (excludes halogenated alkanes) is 3. The fourth-order valence-electron chi connectivity index (χ4n) is 5.23. The Morgan fingerprint density at radius 2 is 1.44 bits per heavy atom. The van der Waals surface area contributed by atoms with Crippen LogP contribution < -0.4 is 9.47 Å². The van der Waals surface area contributed by atoms with E-state index in [-0.39, 0.29) is 11.3 Å². The van der Waals surface area contributed by atoms with Gasteiger partial charge in [-0.25, -0.2) is 0 Å². The molecule has 41 heavy (non-hydrogen) atoms. The number of aliphatic hydroxyl groups is 1. The van der Waals surface area contributed by atoms with E-state index in [0.29, 0.717) is 50.7 Å². The molecule has 4 rings (SSSR count). The van der Waals surface area contributed by atoms with E-state index >= 15 is 0 Å². The van der Waals surface area contributed by atoms with Crippen LogP contribution in [0.4, 0.5) is 0 Å². The highest BCUT2D eigenvalue weighted by Crippen LogP contribution is 2.40. The number of rotatable bonds is 15. The van der Waals surface area contributed by atoms with Crippen LogP contribution >= 0.6 is 0 Å². The van der Waals surface area contributed by atoms with Gasteiger partial charge in [0, 0.05) is 31.7 Å². The van der Waals surface area contributed by atoms with Crippen molar-refractivity contribution in [1.29, 1.82) is 0 Å². The van der Waals surface area contributed by atoms with Crippen LogP contribution in [0.1, 0.15) is 69.5 Å². The molecule has 8 nitrogen and oxygen atoms in total. The second-order valence-corrected chi connectivity index (χ2v) is 10.7. The average Bonchev–Trinajstić information content (AvgIpc) is 3.25. The van der Waals surface area contributed by atoms with Crippen molar-refractivity contribution < 1.29 is 28.9 Å². The Morgan fingerprint density at radius 1 is 0.829 bits per heavy atom. The van der Waals surface area contributed by atoms with Crippen LogP contribution in [0.3, 0.4) is 0 Å². The smallest absolute Gasteiger partial charge is 0.295 e. The molecule has 2 saturated heterocycles. The van der Waals surface area contributed by atoms with Gasteiger partial charge in [0.2, 0.25) is 0 Å². The molecule has 2 aromatic rings. The second kappa shape index (κ2) is 15.6. The summed E-state index contributed by atoms with van der Waals surface area (Å²) in [5.41, 5.74) is 1.34. The SMILES string of the molecule is CCCCCOc1ccc(C2/C(=C(\O)c3ccc(OCCCC)cc3)C(=O)C(=O)N2CCCN2CCOCC2)cc1. The van der Waals surface area contributed by atoms with E-state index in [0.717, 1.165) is 63.1 Å². The minimum absolute atomic E-state index is 0.109. The van der Waals surface area contributed by atoms with Crippen molar-refractivity contribution in [1.82, 2.24) is 9.80 Å². The van der Waals surface area contributed by atoms with Gasteiger partial charge in [-0.1, -0.05) is 45.2 Å². The molecule has 0 saturated carbocycles. The first-order valence-electron chi connectivity index (χ1n) is 15.1. The molecule has 1 N–H and O–H groups in total. The third-order valence-corrected chi connectivity index (χ3v) is 7.62. The number of ether oxygens (including phenoxy) is 3. The van der Waals surface area contributed by atoms with Crippen LogP contribution in [0.25, 0.3) is 5.76 Å². The number of hydrogen-bond acceptors (Lipinski definition) is 7. The molecule has 1 atom stereocenters. The highest BCUT2D eigenvalue weighted by atomic mass is 16.5. The number of hydrogen-bond donors (Lipinski definition) is 1. The molecule has 2 fully saturated rings. The van der Waals surface area contributed by atoms with Gasteiger partial charge >= 0.3 is 0 Å². The quantitative estimate of drug-likeness (QED) is 0.131. The molecule has 2 aromatic carbocycles. The lowest BCUT2D eigenvalue weighted by molar-refractivity contribution is -0.140. The van der Waals surface area contributed by atoms with Gasteiger partial charge in [0.25, 0.3) is 11.7 Å². The van der Waals surface area contributed by atoms with Crippen LogP contribution in [0.2, 0.25) is 0 Å². The Morgan fingerprint density at radius 3 is 2.07 bits per heavy atom. The predicted molar refractivity (Wildman–Crippen MR) is 159 cm³/mol. The lowest BCUT2D eigenvalue weighted by Crippen LogP contribution is -2.38. The van der Waals surface area contributed by atoms with E-state index in [2.05, 4.69) is 18.7 Å². The number of benzene rings is 2. The first-order chi connectivity index (χ1) is 20.0. The number of nitrogens with zero attached hydrogens (tertiary/aromatic N) is 2. The van der Waals surface area contributed by atoms with Crippen molar-refractivity contribution in [3.05, 3.63) is 65.2 Å². The van der Waals surface area contributed by atoms with Crippen molar-refractivity contribution >= 4 is 17.4 Å². The van der Waals surface area contributed by atoms with Crippen molar-refractivity contribution in [2.24, 2.45) is 0 Å². The molecule has 8 heteroatoms. The molecule has 2 aliphatic heterocycles. The topological polar surface area (TPSA) is 88.5 Å². The monoisotopic (exact) mass is 564 g/mol. The zero-order valence-electron chi connectivity index (χ0n) is 24.5. The molecule has 1 amide bonds. The number of Topliss-reactive ketones (excluding diaryl/α,β-unsaturated/α-hetero) is 1. The number of carbonyl (C=O) groups excluding carboxylic acids is 2. The van der Waals surface area contributed by atoms with Gasteiger partial charge in [-0.05, 0) is 61.2 Å². The standard InChI is InChI=1S/C33H44N2O6/c1-3-5-7-22-41-27-13-9-25(10-14-27)30-29(31(36)26-11-15-28(16-12-26)40-21-6-4-2)32(37)33(38)35(30)18-8-17-34-19-23-39-24-20-34/h9-16,30,36H,3-8,17-24H2,1-2H3/b31-29+. The van der Waals surface area contributed by atoms with Crippen LogP contribution in [-0.4, -0.2) is 79.2 Å². The minimum atomic E-state index is -0.686. The largest absolute Gasteiger partial charge is 0.507 e. The van der Waals surface area contributed by atoms with E-state index in [4.69, 9.17) is 14.2 Å². The van der Waals surface area contributed by atoms with Crippen molar-refractivity contribution in [2.45, 2.75) is 58.4 Å². The maximum absolute atomic E-state index is 13.4. The van der Waals surface area contributed by atoms with Crippen LogP contribution in [0.15, 0.2) is 54.1 Å². The average molecular weight is 565 g/mol. The zero-order chi connectivity index (χ0) is 29.0. The first-order valence-corrected chi connectivity index (χ1v) is 15.1. The summed E-state index contributed by atoms with van der Waals surface area (Å²) < 4.78 is 17.1. The molecule has 0 aromatic heterocycles. The van der Waals surface area contributed by atoms with E-state index in [1.54, 1.807) is 29.2 Å². The minimum Gasteiger partial charge on any atom is -0.507 e. The van der Waals surface area contributed by atoms with Gasteiger partial charge in [0.1, 0.15) is 17.3 Å². The first kappa shape index (κ1) is 30.6. The lowest BCUT2D eigenvalue weighted by Gasteiger charge is -2.29. The third-order valence-electron chi connectivity index (χ3n) is 7.62. The maximum Gasteiger partial charge on any atom is 0.295 e. The number of likely N-dealkylation sites (tertiary alicyclic amines) is 1. The number of aliphatic hydroxyl groups excluding tert-OH is 1. The maximum atomic E-state index is 13.4. The van der Waals surface area contributed by atoms with E-state index in [1.807, 2.05) is 24.3 Å². The molecular weight excluding hydrogens is 520 g/mol. The van der Waals surface area contributed by atoms with Crippen LogP contribution in [-0.2, 0) is 14.3 Å². The van der Waals surface area contributed by atoms with Gasteiger partial charge in [0.15, 0.2) is 0 Å². The van der Waals surface area contributed by atoms with Gasteiger partial charge in [0.05, 0.1) is 38.0 Å². The Balaban J connectivity index is 1.58. The Labute approximate surface area is 243 Å². The number of ketones is 1. The normalized spacial score (nSPS) is 19.1. The number of carbonyl (C=O) groups is 2. The van der Waals surface area contributed by atoms with E-state index < -0.39 is 17.7 Å². The summed E-state index contributed by atoms with van der Waals surface area (Å²) >= 11 is 0. The fraction of sp³-hybridized carbons (Fsp3) is 0.515. The van der Waals surface area contributed by atoms with Crippen molar-refractivity contribution in [3.8, 4) is 11.5 Å². The second-order valence-electron chi connectivity index (χ2n) is 10.7. The zero-order valence-corrected chi connectivity index (χ0v) is 24.5. The summed E-state index contributed by atoms with van der Waals surface area (Å²) in [7, 11) is 0. The molecule has 0 radical (unpaired) electrons. The molecule has 0 aliphatic carbocycles. The summed E-state index contributed by atoms with van der Waals surface area (Å²) in [6.07, 6.45) is 5.94. The third kappa shape index (κ3) is 8.11. The summed E-state index contributed by atoms with van der Waals surface area (Å²) in [5, 5.41) is 11.4. The lowest BCUT2D eigenvalue weighted by atomic mass is 9.95. The molecule has 2 aliphatic rings. The summed E-state index contributed by atoms with van der Waals surface area (Å²) in [4.78, 5) is 30.7. The van der Waals surface area contributed by atoms with Crippen molar-refractivity contribution in [3.63, 3.8) is 0 Å². The van der Waals surface area contributed by atoms with Gasteiger partial charge in [-0.2, -0.15) is 0 Å². The van der Waals surface area contributed by atoms with E-state index in [9.17, 15) is 14.7 Å². The molecule has 222 valence electrons. The summed E-state index contributed by atoms with van der Waals surface area (Å²) in [6.45, 7) is 9.88. The molecule has 2 heterocycles. The van der Waals surface area contributed by atoms with Crippen LogP contribution in [0.5, 0.6) is 11.5 Å². The van der Waals surface area contributed by atoms with Gasteiger partial charge < -0.3 is 24.2 Å². The molecule has 0 spiro atoms. The molecule has 1 unspecified atom stereocenters. The Hall–Kier alpha value is -3.36. The fourth-order valence-corrected chi connectivity index (χ4v) is 5.23. The van der Waals surface area contributed by atoms with E-state index in [1.165, 1.54) is 0 Å². The Kier molecular flexibility index (Phi) is 11.6. The predicted octanol–water partition coefficient (Wildman–Crippen LogP) is 5.58. The summed E-state index contributed by atoms with van der Waals surface area (Å²) in [5.74, 6) is 0.0152. The number of morpholine rings is 1. The van der Waals surface area contributed by atoms with Gasteiger partial charge in [-0.15, -0.1) is 0 Å². The summed E-state index contributed by atoms with van der Waals surface area (Å²) in [6, 6.07) is 13.9. The molecular formula is C33H44N2O6. The molecule has 0 bridgehead atoms. The highest BCUT2D eigenvalue weighted by molar-refractivity contribution is 6.46.